The molecule has 3 N–H and O–H groups in total. The van der Waals surface area contributed by atoms with Crippen LogP contribution in [0.2, 0.25) is 0 Å². The summed E-state index contributed by atoms with van der Waals surface area (Å²) in [6, 6.07) is 23.1. The summed E-state index contributed by atoms with van der Waals surface area (Å²) in [6.45, 7) is 6.67. The molecule has 0 unspecified atom stereocenters. The molecule has 64 heavy (non-hydrogen) atoms. The van der Waals surface area contributed by atoms with Crippen LogP contribution in [0.15, 0.2) is 85.5 Å². The quantitative estimate of drug-likeness (QED) is 0.137. The molecule has 0 spiro atoms. The summed E-state index contributed by atoms with van der Waals surface area (Å²) in [5.74, 6) is -0.495. The Bertz CT molecular complexity index is 2560. The average Bonchev–Trinajstić information content (AvgIpc) is 3.83. The van der Waals surface area contributed by atoms with Crippen molar-refractivity contribution in [3.8, 4) is 0 Å². The van der Waals surface area contributed by atoms with Crippen molar-refractivity contribution in [1.82, 2.24) is 40.0 Å². The standard InChI is InChI=1S/C48H53N11O5/c60-41-15-14-40(46(62)54-41)59-47(63)38-13-12-36(28-39(38)48(59)64)57-23-21-55(22-24-57)18-4-7-31-16-19-56(20-17-31)35-10-8-33(9-11-35)53-44-43-45(50-29-49-44)58(30-51-43)37-26-34(27-37)52-42(61)25-32-5-2-1-3-6-32/h1-3,5-6,8-13,28-31,34,37,40H,4,7,14-27H2,(H,52,61)(H,49,50,53)(H,54,60,62)/t34?,37?,40-/m0/s1. The average molecular weight is 864 g/mol. The van der Waals surface area contributed by atoms with E-state index in [2.05, 4.69) is 69.5 Å². The first-order valence-corrected chi connectivity index (χ1v) is 22.7. The number of piperidine rings is 2. The zero-order chi connectivity index (χ0) is 43.7. The molecule has 5 amide bonds. The van der Waals surface area contributed by atoms with Gasteiger partial charge in [0.25, 0.3) is 11.8 Å². The third-order valence-corrected chi connectivity index (χ3v) is 13.8. The third kappa shape index (κ3) is 8.53. The van der Waals surface area contributed by atoms with Crippen LogP contribution < -0.4 is 25.8 Å². The minimum Gasteiger partial charge on any atom is -0.372 e. The van der Waals surface area contributed by atoms with Crippen LogP contribution in [0.3, 0.4) is 0 Å². The second-order valence-electron chi connectivity index (χ2n) is 17.8. The maximum Gasteiger partial charge on any atom is 0.262 e. The number of rotatable bonds is 13. The van der Waals surface area contributed by atoms with Crippen molar-refractivity contribution in [3.05, 3.63) is 102 Å². The fraction of sp³-hybridized carbons (Fsp3) is 0.417. The van der Waals surface area contributed by atoms with Crippen molar-refractivity contribution < 1.29 is 24.0 Å². The minimum absolute atomic E-state index is 0.0489. The minimum atomic E-state index is -0.962. The number of hydrogen-bond acceptors (Lipinski definition) is 12. The molecule has 10 rings (SSSR count). The van der Waals surface area contributed by atoms with Crippen molar-refractivity contribution in [2.45, 2.75) is 75.9 Å². The van der Waals surface area contributed by atoms with Crippen LogP contribution in [-0.4, -0.2) is 117 Å². The summed E-state index contributed by atoms with van der Waals surface area (Å²) in [5.41, 5.74) is 6.22. The predicted octanol–water partition coefficient (Wildman–Crippen LogP) is 4.85. The number of aromatic nitrogens is 4. The van der Waals surface area contributed by atoms with E-state index in [0.717, 1.165) is 91.7 Å². The van der Waals surface area contributed by atoms with Crippen LogP contribution in [0.1, 0.15) is 83.7 Å². The van der Waals surface area contributed by atoms with E-state index < -0.39 is 23.8 Å². The molecule has 1 saturated carbocycles. The first-order chi connectivity index (χ1) is 31.2. The molecule has 330 valence electrons. The maximum absolute atomic E-state index is 13.3. The lowest BCUT2D eigenvalue weighted by Crippen LogP contribution is -2.54. The Balaban J connectivity index is 0.643. The first-order valence-electron chi connectivity index (χ1n) is 22.7. The van der Waals surface area contributed by atoms with Gasteiger partial charge in [-0.25, -0.2) is 15.0 Å². The molecule has 4 fully saturated rings. The van der Waals surface area contributed by atoms with Crippen LogP contribution in [0.5, 0.6) is 0 Å². The summed E-state index contributed by atoms with van der Waals surface area (Å²) in [6.07, 6.45) is 10.5. The van der Waals surface area contributed by atoms with E-state index in [9.17, 15) is 24.0 Å². The van der Waals surface area contributed by atoms with Crippen molar-refractivity contribution in [2.75, 3.05) is 60.9 Å². The van der Waals surface area contributed by atoms with Crippen LogP contribution in [0, 0.1) is 5.92 Å². The summed E-state index contributed by atoms with van der Waals surface area (Å²) in [5, 5.41) is 8.89. The Morgan fingerprint density at radius 2 is 1.50 bits per heavy atom. The summed E-state index contributed by atoms with van der Waals surface area (Å²) < 4.78 is 2.10. The third-order valence-electron chi connectivity index (χ3n) is 13.8. The molecule has 16 heteroatoms. The van der Waals surface area contributed by atoms with Gasteiger partial charge in [-0.1, -0.05) is 30.3 Å². The lowest BCUT2D eigenvalue weighted by atomic mass is 9.86. The Morgan fingerprint density at radius 3 is 2.27 bits per heavy atom. The number of imidazole rings is 1. The molecular formula is C48H53N11O5. The molecular weight excluding hydrogens is 811 g/mol. The maximum atomic E-state index is 13.3. The fourth-order valence-electron chi connectivity index (χ4n) is 10.1. The van der Waals surface area contributed by atoms with Gasteiger partial charge in [0.1, 0.15) is 12.4 Å². The molecule has 0 radical (unpaired) electrons. The molecule has 1 aliphatic carbocycles. The normalized spacial score (nSPS) is 21.8. The van der Waals surface area contributed by atoms with Crippen molar-refractivity contribution in [1.29, 1.82) is 0 Å². The number of piperazine rings is 1. The van der Waals surface area contributed by atoms with Gasteiger partial charge in [0.15, 0.2) is 17.0 Å². The SMILES string of the molecule is O=C1CC[C@H](N2C(=O)c3ccc(N4CCN(CCCC5CCN(c6ccc(Nc7ncnc8c7ncn8C7CC(NC(=O)Cc8ccccc8)C7)cc6)CC5)CC4)cc3C2=O)C(=O)N1. The van der Waals surface area contributed by atoms with Gasteiger partial charge in [-0.2, -0.15) is 0 Å². The number of hydrogen-bond donors (Lipinski definition) is 3. The van der Waals surface area contributed by atoms with Gasteiger partial charge < -0.3 is 25.0 Å². The van der Waals surface area contributed by atoms with Gasteiger partial charge in [0, 0.05) is 74.8 Å². The molecule has 3 aromatic carbocycles. The largest absolute Gasteiger partial charge is 0.372 e. The van der Waals surface area contributed by atoms with Gasteiger partial charge in [0.05, 0.1) is 23.9 Å². The predicted molar refractivity (Wildman–Crippen MR) is 241 cm³/mol. The molecule has 16 nitrogen and oxygen atoms in total. The molecule has 0 bridgehead atoms. The number of carbonyl (C=O) groups excluding carboxylic acids is 5. The monoisotopic (exact) mass is 863 g/mol. The Hall–Kier alpha value is -6.68. The van der Waals surface area contributed by atoms with E-state index in [4.69, 9.17) is 4.98 Å². The summed E-state index contributed by atoms with van der Waals surface area (Å²) in [7, 11) is 0. The highest BCUT2D eigenvalue weighted by Gasteiger charge is 2.45. The number of anilines is 4. The van der Waals surface area contributed by atoms with E-state index in [1.165, 1.54) is 31.4 Å². The van der Waals surface area contributed by atoms with Crippen LogP contribution >= 0.6 is 0 Å². The Kier molecular flexibility index (Phi) is 11.5. The number of nitrogens with one attached hydrogen (secondary N) is 3. The molecule has 5 aromatic rings. The fourth-order valence-corrected chi connectivity index (χ4v) is 10.1. The van der Waals surface area contributed by atoms with Gasteiger partial charge in [-0.3, -0.25) is 39.1 Å². The van der Waals surface area contributed by atoms with E-state index in [-0.39, 0.29) is 36.7 Å². The van der Waals surface area contributed by atoms with Crippen LogP contribution in [0.25, 0.3) is 11.2 Å². The topological polar surface area (TPSA) is 178 Å². The van der Waals surface area contributed by atoms with Crippen LogP contribution in [-0.2, 0) is 20.8 Å². The Labute approximate surface area is 371 Å². The van der Waals surface area contributed by atoms with E-state index in [1.807, 2.05) is 42.7 Å². The number of nitrogens with zero attached hydrogens (tertiary/aromatic N) is 8. The lowest BCUT2D eigenvalue weighted by Gasteiger charge is -2.37. The first kappa shape index (κ1) is 41.3. The lowest BCUT2D eigenvalue weighted by molar-refractivity contribution is -0.136. The van der Waals surface area contributed by atoms with Crippen LogP contribution in [0.4, 0.5) is 22.9 Å². The van der Waals surface area contributed by atoms with E-state index in [0.29, 0.717) is 29.3 Å². The molecule has 4 aliphatic heterocycles. The molecule has 5 aliphatic rings. The number of imide groups is 2. The molecule has 1 atom stereocenters. The van der Waals surface area contributed by atoms with E-state index >= 15 is 0 Å². The number of fused-ring (bicyclic) bond motifs is 2. The highest BCUT2D eigenvalue weighted by atomic mass is 16.2. The number of benzene rings is 3. The summed E-state index contributed by atoms with van der Waals surface area (Å²) in [4.78, 5) is 85.2. The Morgan fingerprint density at radius 1 is 0.766 bits per heavy atom. The number of carbonyl (C=O) groups is 5. The zero-order valence-corrected chi connectivity index (χ0v) is 35.8. The second kappa shape index (κ2) is 17.8. The van der Waals surface area contributed by atoms with Crippen molar-refractivity contribution in [3.63, 3.8) is 0 Å². The van der Waals surface area contributed by atoms with Gasteiger partial charge in [0.2, 0.25) is 17.7 Å². The van der Waals surface area contributed by atoms with Gasteiger partial charge >= 0.3 is 0 Å². The summed E-state index contributed by atoms with van der Waals surface area (Å²) >= 11 is 0. The molecule has 2 aromatic heterocycles. The smallest absolute Gasteiger partial charge is 0.262 e. The van der Waals surface area contributed by atoms with E-state index in [1.54, 1.807) is 18.5 Å². The van der Waals surface area contributed by atoms with Crippen molar-refractivity contribution in [2.24, 2.45) is 5.92 Å². The van der Waals surface area contributed by atoms with Crippen molar-refractivity contribution >= 4 is 63.6 Å². The zero-order valence-electron chi connectivity index (χ0n) is 35.8. The highest BCUT2D eigenvalue weighted by molar-refractivity contribution is 6.23. The van der Waals surface area contributed by atoms with Gasteiger partial charge in [-0.05, 0) is 105 Å². The molecule has 3 saturated heterocycles. The second-order valence-corrected chi connectivity index (χ2v) is 17.8. The highest BCUT2D eigenvalue weighted by Crippen LogP contribution is 2.36. The number of amides is 5. The van der Waals surface area contributed by atoms with Gasteiger partial charge in [-0.15, -0.1) is 0 Å². The molecule has 6 heterocycles.